The molecule has 0 bridgehead atoms. The van der Waals surface area contributed by atoms with Gasteiger partial charge < -0.3 is 21.1 Å². The van der Waals surface area contributed by atoms with Gasteiger partial charge in [0.15, 0.2) is 0 Å². The van der Waals surface area contributed by atoms with Gasteiger partial charge in [0.05, 0.1) is 18.3 Å². The molecule has 4 N–H and O–H groups in total. The summed E-state index contributed by atoms with van der Waals surface area (Å²) in [5.41, 5.74) is 0.114. The van der Waals surface area contributed by atoms with Crippen LogP contribution in [0.5, 0.6) is 0 Å². The number of aliphatic hydroxyl groups is 1. The zero-order valence-electron chi connectivity index (χ0n) is 36.6. The quantitative estimate of drug-likeness (QED) is 0.101. The minimum absolute atomic E-state index is 0.0285. The molecule has 1 atom stereocenters. The highest BCUT2D eigenvalue weighted by Gasteiger charge is 2.48. The molecule has 11 nitrogen and oxygen atoms in total. The van der Waals surface area contributed by atoms with Crippen molar-refractivity contribution in [2.75, 3.05) is 35.6 Å². The fourth-order valence-electron chi connectivity index (χ4n) is 10.9. The van der Waals surface area contributed by atoms with Crippen molar-refractivity contribution in [2.45, 2.75) is 231 Å². The van der Waals surface area contributed by atoms with Crippen molar-refractivity contribution in [3.8, 4) is 0 Å². The molecule has 0 radical (unpaired) electrons. The van der Waals surface area contributed by atoms with Gasteiger partial charge in [0.25, 0.3) is 0 Å². The van der Waals surface area contributed by atoms with Crippen molar-refractivity contribution >= 4 is 17.8 Å². The molecule has 2 aliphatic heterocycles. The highest BCUT2D eigenvalue weighted by Crippen LogP contribution is 2.46. The van der Waals surface area contributed by atoms with Crippen molar-refractivity contribution in [3.05, 3.63) is 0 Å². The second kappa shape index (κ2) is 19.8. The monoisotopic (exact) mass is 771 g/mol. The molecule has 2 saturated carbocycles. The fraction of sp³-hybridized carbons (Fsp3) is 0.932. The first kappa shape index (κ1) is 44.3. The summed E-state index contributed by atoms with van der Waals surface area (Å²) in [5.74, 6) is 3.01. The van der Waals surface area contributed by atoms with E-state index in [4.69, 9.17) is 14.7 Å². The first-order valence-corrected chi connectivity index (χ1v) is 22.6. The fourth-order valence-corrected chi connectivity index (χ4v) is 10.9. The maximum absolute atomic E-state index is 9.89. The van der Waals surface area contributed by atoms with Gasteiger partial charge in [-0.3, -0.25) is 9.68 Å². The topological polar surface area (TPSA) is 120 Å². The van der Waals surface area contributed by atoms with Crippen LogP contribution in [0, 0.1) is 11.8 Å². The molecule has 1 aromatic rings. The van der Waals surface area contributed by atoms with Crippen LogP contribution < -0.4 is 16.0 Å². The molecule has 3 heterocycles. The van der Waals surface area contributed by atoms with Gasteiger partial charge in [-0.2, -0.15) is 25.1 Å². The highest BCUT2D eigenvalue weighted by atomic mass is 16.7. The van der Waals surface area contributed by atoms with E-state index < -0.39 is 6.10 Å². The minimum Gasteiger partial charge on any atom is -0.392 e. The summed E-state index contributed by atoms with van der Waals surface area (Å²) in [7, 11) is 0. The molecule has 1 unspecified atom stereocenters. The van der Waals surface area contributed by atoms with Crippen LogP contribution in [0.2, 0.25) is 0 Å². The van der Waals surface area contributed by atoms with Crippen LogP contribution in [0.25, 0.3) is 0 Å². The Hall–Kier alpha value is -1.79. The molecule has 0 spiro atoms. The third-order valence-corrected chi connectivity index (χ3v) is 12.8. The lowest BCUT2D eigenvalue weighted by atomic mass is 9.73. The van der Waals surface area contributed by atoms with Crippen molar-refractivity contribution < 1.29 is 14.8 Å². The van der Waals surface area contributed by atoms with E-state index in [0.717, 1.165) is 38.8 Å². The zero-order valence-corrected chi connectivity index (χ0v) is 36.6. The number of unbranched alkanes of at least 4 members (excludes halogenated alkanes) is 2. The molecular formula is C44H82N8O3. The maximum Gasteiger partial charge on any atom is 0.229 e. The number of rotatable bonds is 19. The van der Waals surface area contributed by atoms with Gasteiger partial charge in [0.2, 0.25) is 17.8 Å². The molecule has 55 heavy (non-hydrogen) atoms. The van der Waals surface area contributed by atoms with Crippen molar-refractivity contribution in [1.82, 2.24) is 25.1 Å². The summed E-state index contributed by atoms with van der Waals surface area (Å²) >= 11 is 0. The van der Waals surface area contributed by atoms with Crippen LogP contribution in [0.3, 0.4) is 0 Å². The number of hydrogen-bond acceptors (Lipinski definition) is 11. The minimum atomic E-state index is -0.495. The molecule has 2 aliphatic carbocycles. The van der Waals surface area contributed by atoms with E-state index in [0.29, 0.717) is 48.4 Å². The van der Waals surface area contributed by atoms with E-state index in [2.05, 4.69) is 91.4 Å². The Kier molecular flexibility index (Phi) is 15.9. The number of piperidine rings is 2. The summed E-state index contributed by atoms with van der Waals surface area (Å²) in [4.78, 5) is 27.5. The molecule has 1 aromatic heterocycles. The third kappa shape index (κ3) is 13.4. The van der Waals surface area contributed by atoms with E-state index in [9.17, 15) is 5.11 Å². The van der Waals surface area contributed by atoms with E-state index in [-0.39, 0.29) is 22.2 Å². The molecule has 2 saturated heterocycles. The third-order valence-electron chi connectivity index (χ3n) is 12.8. The first-order chi connectivity index (χ1) is 26.0. The average molecular weight is 771 g/mol. The first-order valence-electron chi connectivity index (χ1n) is 22.6. The highest BCUT2D eigenvalue weighted by molar-refractivity contribution is 5.42. The SMILES string of the molecule is CC(O)CNc1nc(NCCCCC2CC(C)(C)N(OC3CCCCC3)C(C)(C)C2)nc(NCCCCC2CC(C)(C)N(OC3CCCCC3)C(C)(C)C2)n1. The Morgan fingerprint density at radius 1 is 0.564 bits per heavy atom. The predicted octanol–water partition coefficient (Wildman–Crippen LogP) is 9.90. The van der Waals surface area contributed by atoms with E-state index in [1.807, 2.05) is 0 Å². The number of hydrogen-bond donors (Lipinski definition) is 4. The normalized spacial score (nSPS) is 24.8. The Morgan fingerprint density at radius 3 is 1.25 bits per heavy atom. The zero-order chi connectivity index (χ0) is 39.7. The van der Waals surface area contributed by atoms with Gasteiger partial charge in [-0.25, -0.2) is 0 Å². The van der Waals surface area contributed by atoms with Crippen LogP contribution in [0.1, 0.15) is 191 Å². The molecular weight excluding hydrogens is 689 g/mol. The Labute approximate surface area is 335 Å². The lowest BCUT2D eigenvalue weighted by molar-refractivity contribution is -0.314. The molecule has 11 heteroatoms. The number of anilines is 3. The lowest BCUT2D eigenvalue weighted by Crippen LogP contribution is -2.61. The Bertz CT molecular complexity index is 1170. The van der Waals surface area contributed by atoms with Gasteiger partial charge in [-0.05, 0) is 138 Å². The number of nitrogens with one attached hydrogen (secondary N) is 3. The molecule has 5 rings (SSSR count). The van der Waals surface area contributed by atoms with E-state index >= 15 is 0 Å². The standard InChI is InChI=1S/C44H82N8O3/c1-33(53)32-47-40-49-38(45-26-18-16-20-34-28-41(2,3)51(42(4,5)29-34)54-36-22-12-10-13-23-36)48-39(50-40)46-27-19-17-21-35-30-43(6,7)52(44(8,9)31-35)55-37-24-14-11-15-25-37/h33-37,53H,10-32H2,1-9H3,(H3,45,46,47,48,49,50). The summed E-state index contributed by atoms with van der Waals surface area (Å²) in [6.07, 6.45) is 24.5. The largest absolute Gasteiger partial charge is 0.392 e. The number of hydroxylamine groups is 4. The van der Waals surface area contributed by atoms with Crippen LogP contribution in [0.4, 0.5) is 17.8 Å². The maximum atomic E-state index is 9.89. The van der Waals surface area contributed by atoms with Crippen LogP contribution >= 0.6 is 0 Å². The summed E-state index contributed by atoms with van der Waals surface area (Å²) < 4.78 is 0. The molecule has 4 fully saturated rings. The molecule has 0 aromatic carbocycles. The van der Waals surface area contributed by atoms with E-state index in [1.54, 1.807) is 6.92 Å². The second-order valence-electron chi connectivity index (χ2n) is 20.5. The Balaban J connectivity index is 1.05. The van der Waals surface area contributed by atoms with Gasteiger partial charge in [0, 0.05) is 41.8 Å². The number of aliphatic hydroxyl groups excluding tert-OH is 1. The van der Waals surface area contributed by atoms with Crippen LogP contribution in [0.15, 0.2) is 0 Å². The number of aromatic nitrogens is 3. The second-order valence-corrected chi connectivity index (χ2v) is 20.5. The van der Waals surface area contributed by atoms with Gasteiger partial charge in [-0.15, -0.1) is 0 Å². The summed E-state index contributed by atoms with van der Waals surface area (Å²) in [6.45, 7) is 22.8. The van der Waals surface area contributed by atoms with Crippen LogP contribution in [-0.4, -0.2) is 90.3 Å². The van der Waals surface area contributed by atoms with Crippen molar-refractivity contribution in [1.29, 1.82) is 0 Å². The Morgan fingerprint density at radius 2 is 0.909 bits per heavy atom. The average Bonchev–Trinajstić information content (AvgIpc) is 3.10. The van der Waals surface area contributed by atoms with Crippen LogP contribution in [-0.2, 0) is 9.68 Å². The molecule has 4 aliphatic rings. The van der Waals surface area contributed by atoms with Gasteiger partial charge in [-0.1, -0.05) is 64.2 Å². The van der Waals surface area contributed by atoms with Crippen molar-refractivity contribution in [3.63, 3.8) is 0 Å². The summed E-state index contributed by atoms with van der Waals surface area (Å²) in [5, 5.41) is 24.8. The smallest absolute Gasteiger partial charge is 0.229 e. The van der Waals surface area contributed by atoms with Gasteiger partial charge in [0.1, 0.15) is 0 Å². The molecule has 0 amide bonds. The predicted molar refractivity (Wildman–Crippen MR) is 226 cm³/mol. The lowest BCUT2D eigenvalue weighted by Gasteiger charge is -2.55. The molecule has 316 valence electrons. The van der Waals surface area contributed by atoms with Gasteiger partial charge >= 0.3 is 0 Å². The van der Waals surface area contributed by atoms with Crippen molar-refractivity contribution in [2.24, 2.45) is 11.8 Å². The number of nitrogens with zero attached hydrogens (tertiary/aromatic N) is 5. The van der Waals surface area contributed by atoms with E-state index in [1.165, 1.54) is 103 Å². The summed E-state index contributed by atoms with van der Waals surface area (Å²) in [6, 6.07) is 0.